The van der Waals surface area contributed by atoms with Crippen LogP contribution in [0, 0.1) is 0 Å². The van der Waals surface area contributed by atoms with E-state index in [1.54, 1.807) is 10.9 Å². The van der Waals surface area contributed by atoms with E-state index in [2.05, 4.69) is 22.4 Å². The molecular formula is C24H25N5O2. The van der Waals surface area contributed by atoms with E-state index in [-0.39, 0.29) is 23.9 Å². The number of amides is 1. The molecule has 1 N–H and O–H groups in total. The summed E-state index contributed by atoms with van der Waals surface area (Å²) in [6, 6.07) is 17.1. The van der Waals surface area contributed by atoms with Crippen molar-refractivity contribution in [3.63, 3.8) is 0 Å². The van der Waals surface area contributed by atoms with Gasteiger partial charge in [0.2, 0.25) is 5.91 Å². The molecule has 7 heteroatoms. The Hall–Kier alpha value is -3.74. The van der Waals surface area contributed by atoms with E-state index in [4.69, 9.17) is 0 Å². The lowest BCUT2D eigenvalue weighted by atomic mass is 10.1. The molecule has 2 aromatic carbocycles. The Bertz CT molecular complexity index is 1270. The van der Waals surface area contributed by atoms with Crippen LogP contribution in [-0.4, -0.2) is 25.5 Å². The van der Waals surface area contributed by atoms with E-state index >= 15 is 0 Å². The molecule has 1 amide bonds. The van der Waals surface area contributed by atoms with Crippen LogP contribution in [0.25, 0.3) is 16.6 Å². The number of carbonyl (C=O) groups excluding carboxylic acids is 1. The summed E-state index contributed by atoms with van der Waals surface area (Å²) in [7, 11) is 0. The van der Waals surface area contributed by atoms with Crippen molar-refractivity contribution in [3.05, 3.63) is 82.4 Å². The number of para-hydroxylation sites is 1. The molecule has 0 saturated heterocycles. The normalized spacial score (nSPS) is 11.2. The molecule has 0 fully saturated rings. The average molecular weight is 415 g/mol. The molecule has 2 aromatic heterocycles. The van der Waals surface area contributed by atoms with Crippen molar-refractivity contribution in [2.75, 3.05) is 5.32 Å². The van der Waals surface area contributed by atoms with E-state index in [1.165, 1.54) is 10.2 Å². The van der Waals surface area contributed by atoms with Crippen LogP contribution in [0.15, 0.2) is 65.6 Å². The molecule has 7 nitrogen and oxygen atoms in total. The Morgan fingerprint density at radius 3 is 2.42 bits per heavy atom. The maximum absolute atomic E-state index is 13.3. The first kappa shape index (κ1) is 20.5. The van der Waals surface area contributed by atoms with Gasteiger partial charge >= 0.3 is 0 Å². The standard InChI is InChI=1S/C24H25N5O2/c1-4-17-10-12-18(13-11-17)26-21(30)15-28-24(31)23-20(22(27-28)16(2)3)14-25-29(23)19-8-6-5-7-9-19/h5-14,16H,4,15H2,1-3H3,(H,26,30). The molecule has 0 spiro atoms. The number of hydrogen-bond acceptors (Lipinski definition) is 4. The number of rotatable bonds is 6. The first-order chi connectivity index (χ1) is 15.0. The summed E-state index contributed by atoms with van der Waals surface area (Å²) in [6.45, 7) is 5.91. The molecule has 0 saturated carbocycles. The van der Waals surface area contributed by atoms with Gasteiger partial charge in [-0.15, -0.1) is 0 Å². The summed E-state index contributed by atoms with van der Waals surface area (Å²) in [6.07, 6.45) is 2.60. The second kappa shape index (κ2) is 8.55. The predicted octanol–water partition coefficient (Wildman–Crippen LogP) is 3.91. The molecule has 0 radical (unpaired) electrons. The first-order valence-electron chi connectivity index (χ1n) is 10.4. The van der Waals surface area contributed by atoms with Gasteiger partial charge in [-0.1, -0.05) is 51.1 Å². The quantitative estimate of drug-likeness (QED) is 0.518. The van der Waals surface area contributed by atoms with Gasteiger partial charge in [0.1, 0.15) is 12.1 Å². The monoisotopic (exact) mass is 415 g/mol. The number of fused-ring (bicyclic) bond motifs is 1. The summed E-state index contributed by atoms with van der Waals surface area (Å²) in [5, 5.41) is 12.5. The molecule has 2 heterocycles. The second-order valence-electron chi connectivity index (χ2n) is 7.76. The Labute approximate surface area is 180 Å². The van der Waals surface area contributed by atoms with Gasteiger partial charge in [0.15, 0.2) is 0 Å². The highest BCUT2D eigenvalue weighted by atomic mass is 16.2. The second-order valence-corrected chi connectivity index (χ2v) is 7.76. The van der Waals surface area contributed by atoms with Crippen LogP contribution in [-0.2, 0) is 17.8 Å². The zero-order valence-corrected chi connectivity index (χ0v) is 17.9. The number of carbonyl (C=O) groups is 1. The molecular weight excluding hydrogens is 390 g/mol. The van der Waals surface area contributed by atoms with Gasteiger partial charge in [-0.3, -0.25) is 9.59 Å². The number of benzene rings is 2. The molecule has 158 valence electrons. The van der Waals surface area contributed by atoms with Crippen LogP contribution in [0.1, 0.15) is 37.9 Å². The molecule has 0 unspecified atom stereocenters. The van der Waals surface area contributed by atoms with Crippen molar-refractivity contribution in [1.29, 1.82) is 0 Å². The molecule has 0 bridgehead atoms. The number of anilines is 1. The summed E-state index contributed by atoms with van der Waals surface area (Å²) >= 11 is 0. The Kier molecular flexibility index (Phi) is 5.66. The maximum atomic E-state index is 13.3. The molecule has 4 rings (SSSR count). The topological polar surface area (TPSA) is 81.8 Å². The van der Waals surface area contributed by atoms with Crippen LogP contribution in [0.4, 0.5) is 5.69 Å². The minimum absolute atomic E-state index is 0.0624. The fourth-order valence-electron chi connectivity index (χ4n) is 3.55. The zero-order chi connectivity index (χ0) is 22.0. The number of nitrogens with one attached hydrogen (secondary N) is 1. The third kappa shape index (κ3) is 4.12. The first-order valence-corrected chi connectivity index (χ1v) is 10.4. The lowest BCUT2D eigenvalue weighted by Gasteiger charge is -2.12. The van der Waals surface area contributed by atoms with Gasteiger partial charge in [-0.25, -0.2) is 9.36 Å². The minimum Gasteiger partial charge on any atom is -0.324 e. The summed E-state index contributed by atoms with van der Waals surface area (Å²) in [5.74, 6) is -0.244. The van der Waals surface area contributed by atoms with Crippen molar-refractivity contribution in [2.45, 2.75) is 39.7 Å². The van der Waals surface area contributed by atoms with E-state index < -0.39 is 0 Å². The highest BCUT2D eigenvalue weighted by Crippen LogP contribution is 2.23. The van der Waals surface area contributed by atoms with Crippen LogP contribution in [0.3, 0.4) is 0 Å². The third-order valence-electron chi connectivity index (χ3n) is 5.20. The highest BCUT2D eigenvalue weighted by molar-refractivity contribution is 5.90. The minimum atomic E-state index is -0.350. The number of aryl methyl sites for hydroxylation is 1. The van der Waals surface area contributed by atoms with Gasteiger partial charge in [-0.2, -0.15) is 10.2 Å². The van der Waals surface area contributed by atoms with E-state index in [0.717, 1.165) is 17.8 Å². The molecule has 4 aromatic rings. The summed E-state index contributed by atoms with van der Waals surface area (Å²) < 4.78 is 2.84. The average Bonchev–Trinajstić information content (AvgIpc) is 3.22. The van der Waals surface area contributed by atoms with Crippen LogP contribution >= 0.6 is 0 Å². The molecule has 0 aliphatic carbocycles. The van der Waals surface area contributed by atoms with Gasteiger partial charge in [0.25, 0.3) is 5.56 Å². The molecule has 31 heavy (non-hydrogen) atoms. The van der Waals surface area contributed by atoms with Gasteiger partial charge < -0.3 is 5.32 Å². The fraction of sp³-hybridized carbons (Fsp3) is 0.250. The smallest absolute Gasteiger partial charge is 0.293 e. The summed E-state index contributed by atoms with van der Waals surface area (Å²) in [4.78, 5) is 26.0. The molecule has 0 atom stereocenters. The highest BCUT2D eigenvalue weighted by Gasteiger charge is 2.20. The van der Waals surface area contributed by atoms with Crippen molar-refractivity contribution in [1.82, 2.24) is 19.6 Å². The molecule has 0 aliphatic heterocycles. The van der Waals surface area contributed by atoms with E-state index in [1.807, 2.05) is 68.4 Å². The van der Waals surface area contributed by atoms with E-state index in [0.29, 0.717) is 16.6 Å². The lowest BCUT2D eigenvalue weighted by molar-refractivity contribution is -0.117. The third-order valence-corrected chi connectivity index (χ3v) is 5.20. The lowest BCUT2D eigenvalue weighted by Crippen LogP contribution is -2.31. The van der Waals surface area contributed by atoms with Crippen LogP contribution < -0.4 is 10.9 Å². The van der Waals surface area contributed by atoms with Crippen molar-refractivity contribution >= 4 is 22.5 Å². The van der Waals surface area contributed by atoms with Crippen LogP contribution in [0.5, 0.6) is 0 Å². The van der Waals surface area contributed by atoms with Crippen LogP contribution in [0.2, 0.25) is 0 Å². The Balaban J connectivity index is 1.72. The zero-order valence-electron chi connectivity index (χ0n) is 17.9. The Morgan fingerprint density at radius 2 is 1.77 bits per heavy atom. The van der Waals surface area contributed by atoms with Gasteiger partial charge in [0.05, 0.1) is 17.6 Å². The summed E-state index contributed by atoms with van der Waals surface area (Å²) in [5.41, 5.74) is 3.47. The number of nitrogens with zero attached hydrogens (tertiary/aromatic N) is 4. The SMILES string of the molecule is CCc1ccc(NC(=O)Cn2nc(C(C)C)c3cnn(-c4ccccc4)c3c2=O)cc1. The molecule has 0 aliphatic rings. The number of hydrogen-bond donors (Lipinski definition) is 1. The maximum Gasteiger partial charge on any atom is 0.293 e. The van der Waals surface area contributed by atoms with Gasteiger partial charge in [0, 0.05) is 11.1 Å². The largest absolute Gasteiger partial charge is 0.324 e. The predicted molar refractivity (Wildman–Crippen MR) is 122 cm³/mol. The van der Waals surface area contributed by atoms with Crippen molar-refractivity contribution in [2.24, 2.45) is 0 Å². The van der Waals surface area contributed by atoms with Crippen molar-refractivity contribution in [3.8, 4) is 5.69 Å². The number of aromatic nitrogens is 4. The van der Waals surface area contributed by atoms with Gasteiger partial charge in [-0.05, 0) is 42.2 Å². The fourth-order valence-corrected chi connectivity index (χ4v) is 3.55. The van der Waals surface area contributed by atoms with E-state index in [9.17, 15) is 9.59 Å². The Morgan fingerprint density at radius 1 is 1.06 bits per heavy atom. The van der Waals surface area contributed by atoms with Crippen molar-refractivity contribution < 1.29 is 4.79 Å².